The quantitative estimate of drug-likeness (QED) is 0.626. The van der Waals surface area contributed by atoms with Gasteiger partial charge in [0.25, 0.3) is 6.43 Å². The van der Waals surface area contributed by atoms with Crippen LogP contribution in [0.25, 0.3) is 16.9 Å². The van der Waals surface area contributed by atoms with E-state index in [2.05, 4.69) is 36.2 Å². The number of nitrogens with zero attached hydrogens (tertiary/aromatic N) is 7. The third-order valence-corrected chi connectivity index (χ3v) is 5.71. The Morgan fingerprint density at radius 1 is 1.27 bits per heavy atom. The van der Waals surface area contributed by atoms with Gasteiger partial charge in [0.2, 0.25) is 0 Å². The van der Waals surface area contributed by atoms with Crippen LogP contribution in [0.1, 0.15) is 25.5 Å². The van der Waals surface area contributed by atoms with Crippen molar-refractivity contribution in [3.05, 3.63) is 36.5 Å². The van der Waals surface area contributed by atoms with E-state index in [1.165, 1.54) is 23.1 Å². The van der Waals surface area contributed by atoms with Gasteiger partial charge >= 0.3 is 0 Å². The molecule has 0 aliphatic carbocycles. The SMILES string of the molecule is CC1CC(N=S(C)(C)=O)CN(c2cc(-c3cnn4ccc(C(F)F)nc34)ncn2)C1. The Balaban J connectivity index is 1.69. The second kappa shape index (κ2) is 7.86. The van der Waals surface area contributed by atoms with E-state index >= 15 is 0 Å². The molecule has 3 aromatic rings. The molecule has 0 radical (unpaired) electrons. The maximum absolute atomic E-state index is 13.1. The predicted molar refractivity (Wildman–Crippen MR) is 111 cm³/mol. The largest absolute Gasteiger partial charge is 0.354 e. The number of rotatable bonds is 4. The summed E-state index contributed by atoms with van der Waals surface area (Å²) in [5, 5.41) is 4.19. The topological polar surface area (TPSA) is 88.6 Å². The van der Waals surface area contributed by atoms with E-state index in [1.807, 2.05) is 0 Å². The van der Waals surface area contributed by atoms with Gasteiger partial charge in [-0.05, 0) is 18.4 Å². The molecule has 0 aromatic carbocycles. The van der Waals surface area contributed by atoms with Gasteiger partial charge in [-0.2, -0.15) is 5.10 Å². The first-order chi connectivity index (χ1) is 14.2. The summed E-state index contributed by atoms with van der Waals surface area (Å²) in [7, 11) is -2.20. The third-order valence-electron chi connectivity index (χ3n) is 4.91. The van der Waals surface area contributed by atoms with Gasteiger partial charge in [0.15, 0.2) is 5.65 Å². The number of piperidine rings is 1. The summed E-state index contributed by atoms with van der Waals surface area (Å²) in [4.78, 5) is 14.9. The molecule has 0 bridgehead atoms. The zero-order chi connectivity index (χ0) is 21.5. The Morgan fingerprint density at radius 3 is 2.80 bits per heavy atom. The summed E-state index contributed by atoms with van der Waals surface area (Å²) in [6, 6.07) is 3.01. The van der Waals surface area contributed by atoms with Crippen molar-refractivity contribution in [2.45, 2.75) is 25.8 Å². The van der Waals surface area contributed by atoms with Crippen LogP contribution < -0.4 is 4.90 Å². The van der Waals surface area contributed by atoms with Gasteiger partial charge in [0.1, 0.15) is 17.8 Å². The lowest BCUT2D eigenvalue weighted by atomic mass is 9.96. The molecule has 1 saturated heterocycles. The van der Waals surface area contributed by atoms with E-state index in [1.54, 1.807) is 24.8 Å². The number of fused-ring (bicyclic) bond motifs is 1. The van der Waals surface area contributed by atoms with Gasteiger partial charge in [-0.15, -0.1) is 0 Å². The Hall–Kier alpha value is -2.69. The van der Waals surface area contributed by atoms with Crippen molar-refractivity contribution in [1.82, 2.24) is 24.6 Å². The van der Waals surface area contributed by atoms with E-state index < -0.39 is 16.2 Å². The molecule has 30 heavy (non-hydrogen) atoms. The molecule has 2 atom stereocenters. The number of hydrogen-bond acceptors (Lipinski definition) is 7. The zero-order valence-corrected chi connectivity index (χ0v) is 17.8. The number of anilines is 1. The van der Waals surface area contributed by atoms with E-state index in [0.717, 1.165) is 13.0 Å². The van der Waals surface area contributed by atoms with E-state index in [9.17, 15) is 13.0 Å². The smallest absolute Gasteiger partial charge is 0.280 e. The van der Waals surface area contributed by atoms with Crippen molar-refractivity contribution >= 4 is 21.2 Å². The van der Waals surface area contributed by atoms with Gasteiger partial charge in [-0.25, -0.2) is 32.6 Å². The molecule has 0 N–H and O–H groups in total. The van der Waals surface area contributed by atoms with Crippen molar-refractivity contribution in [2.24, 2.45) is 10.3 Å². The van der Waals surface area contributed by atoms with Crippen LogP contribution in [0.5, 0.6) is 0 Å². The lowest BCUT2D eigenvalue weighted by Gasteiger charge is -2.35. The Bertz CT molecular complexity index is 1180. The number of aromatic nitrogens is 5. The Kier molecular flexibility index (Phi) is 5.39. The minimum Gasteiger partial charge on any atom is -0.354 e. The Morgan fingerprint density at radius 2 is 2.07 bits per heavy atom. The molecule has 2 unspecified atom stereocenters. The van der Waals surface area contributed by atoms with Crippen molar-refractivity contribution < 1.29 is 13.0 Å². The second-order valence-electron chi connectivity index (χ2n) is 7.93. The summed E-state index contributed by atoms with van der Waals surface area (Å²) < 4.78 is 44.2. The van der Waals surface area contributed by atoms with E-state index in [4.69, 9.17) is 0 Å². The molecule has 0 spiro atoms. The fraction of sp³-hybridized carbons (Fsp3) is 0.474. The van der Waals surface area contributed by atoms with Gasteiger partial charge in [0, 0.05) is 47.6 Å². The lowest BCUT2D eigenvalue weighted by Crippen LogP contribution is -2.42. The summed E-state index contributed by atoms with van der Waals surface area (Å²) in [5.74, 6) is 1.06. The highest BCUT2D eigenvalue weighted by Crippen LogP contribution is 2.28. The molecular formula is C19H23F2N7OS. The van der Waals surface area contributed by atoms with E-state index in [0.29, 0.717) is 35.2 Å². The highest BCUT2D eigenvalue weighted by molar-refractivity contribution is 7.92. The van der Waals surface area contributed by atoms with Crippen LogP contribution in [-0.2, 0) is 9.73 Å². The second-order valence-corrected chi connectivity index (χ2v) is 10.5. The van der Waals surface area contributed by atoms with Crippen molar-refractivity contribution in [2.75, 3.05) is 30.5 Å². The first-order valence-electron chi connectivity index (χ1n) is 9.55. The average Bonchev–Trinajstić information content (AvgIpc) is 3.09. The molecule has 4 heterocycles. The number of halogens is 2. The Labute approximate surface area is 173 Å². The van der Waals surface area contributed by atoms with Gasteiger partial charge in [-0.1, -0.05) is 6.92 Å². The molecule has 11 heteroatoms. The molecule has 3 aromatic heterocycles. The van der Waals surface area contributed by atoms with Crippen LogP contribution >= 0.6 is 0 Å². The number of alkyl halides is 2. The molecule has 1 aliphatic rings. The summed E-state index contributed by atoms with van der Waals surface area (Å²) in [6.45, 7) is 3.53. The molecule has 1 fully saturated rings. The van der Waals surface area contributed by atoms with Gasteiger partial charge in [-0.3, -0.25) is 4.21 Å². The highest BCUT2D eigenvalue weighted by atomic mass is 32.2. The summed E-state index contributed by atoms with van der Waals surface area (Å²) in [5.41, 5.74) is 1.11. The molecule has 8 nitrogen and oxygen atoms in total. The van der Waals surface area contributed by atoms with E-state index in [-0.39, 0.29) is 11.7 Å². The fourth-order valence-electron chi connectivity index (χ4n) is 3.79. The lowest BCUT2D eigenvalue weighted by molar-refractivity contribution is 0.146. The van der Waals surface area contributed by atoms with Crippen LogP contribution in [-0.4, -0.2) is 60.4 Å². The molecule has 0 amide bonds. The molecule has 4 rings (SSSR count). The van der Waals surface area contributed by atoms with Gasteiger partial charge in [0.05, 0.1) is 23.5 Å². The first-order valence-corrected chi connectivity index (χ1v) is 11.9. The van der Waals surface area contributed by atoms with Crippen LogP contribution in [0.2, 0.25) is 0 Å². The predicted octanol–water partition coefficient (Wildman–Crippen LogP) is 3.07. The van der Waals surface area contributed by atoms with Crippen molar-refractivity contribution in [1.29, 1.82) is 0 Å². The molecule has 0 saturated carbocycles. The van der Waals surface area contributed by atoms with Crippen molar-refractivity contribution in [3.8, 4) is 11.3 Å². The monoisotopic (exact) mass is 435 g/mol. The third kappa shape index (κ3) is 4.40. The molecule has 1 aliphatic heterocycles. The fourth-order valence-corrected chi connectivity index (χ4v) is 4.66. The minimum absolute atomic E-state index is 0.0399. The van der Waals surface area contributed by atoms with Crippen molar-refractivity contribution in [3.63, 3.8) is 0 Å². The van der Waals surface area contributed by atoms with Crippen LogP contribution in [0, 0.1) is 5.92 Å². The van der Waals surface area contributed by atoms with Crippen LogP contribution in [0.4, 0.5) is 14.6 Å². The number of hydrogen-bond donors (Lipinski definition) is 0. The zero-order valence-electron chi connectivity index (χ0n) is 16.9. The van der Waals surface area contributed by atoms with Crippen LogP contribution in [0.15, 0.2) is 35.2 Å². The maximum Gasteiger partial charge on any atom is 0.280 e. The summed E-state index contributed by atoms with van der Waals surface area (Å²) in [6.07, 6.45) is 5.96. The standard InChI is InChI=1S/C19H23F2N7OS/c1-12-6-13(26-30(2,3)29)10-27(9-12)17-7-16(22-11-23-17)14-8-24-28-5-4-15(18(20)21)25-19(14)28/h4-5,7-8,11-13,18H,6,9-10H2,1-3H3. The minimum atomic E-state index is -2.67. The summed E-state index contributed by atoms with van der Waals surface area (Å²) >= 11 is 0. The highest BCUT2D eigenvalue weighted by Gasteiger charge is 2.26. The maximum atomic E-state index is 13.1. The van der Waals surface area contributed by atoms with Crippen LogP contribution in [0.3, 0.4) is 0 Å². The average molecular weight is 436 g/mol. The first kappa shape index (κ1) is 20.6. The van der Waals surface area contributed by atoms with Gasteiger partial charge < -0.3 is 4.90 Å². The molecule has 160 valence electrons. The molecular weight excluding hydrogens is 412 g/mol. The normalized spacial score (nSPS) is 20.1.